The van der Waals surface area contributed by atoms with Crippen LogP contribution < -0.4 is 5.32 Å². The van der Waals surface area contributed by atoms with Crippen molar-refractivity contribution in [1.29, 1.82) is 0 Å². The van der Waals surface area contributed by atoms with E-state index in [2.05, 4.69) is 33.5 Å². The van der Waals surface area contributed by atoms with Crippen molar-refractivity contribution >= 4 is 0 Å². The van der Waals surface area contributed by atoms with Crippen molar-refractivity contribution in [1.82, 2.24) is 20.5 Å². The highest BCUT2D eigenvalue weighted by molar-refractivity contribution is 5.61. The molecule has 1 aliphatic rings. The Morgan fingerprint density at radius 2 is 2.32 bits per heavy atom. The number of pyridine rings is 1. The Bertz CT molecular complexity index is 516. The van der Waals surface area contributed by atoms with Gasteiger partial charge < -0.3 is 5.32 Å². The fourth-order valence-electron chi connectivity index (χ4n) is 2.47. The molecular formula is C15H20N4. The molecule has 0 spiro atoms. The highest BCUT2D eigenvalue weighted by Gasteiger charge is 2.27. The van der Waals surface area contributed by atoms with Crippen LogP contribution in [0.5, 0.6) is 0 Å². The molecule has 0 aromatic carbocycles. The quantitative estimate of drug-likeness (QED) is 0.835. The van der Waals surface area contributed by atoms with Gasteiger partial charge >= 0.3 is 0 Å². The molecule has 2 heterocycles. The van der Waals surface area contributed by atoms with Crippen LogP contribution in [0.25, 0.3) is 11.3 Å². The summed E-state index contributed by atoms with van der Waals surface area (Å²) in [6, 6.07) is 4.00. The van der Waals surface area contributed by atoms with Gasteiger partial charge in [-0.25, -0.2) is 0 Å². The highest BCUT2D eigenvalue weighted by atomic mass is 15.1. The minimum Gasteiger partial charge on any atom is -0.312 e. The van der Waals surface area contributed by atoms with E-state index in [1.807, 2.05) is 18.5 Å². The maximum absolute atomic E-state index is 4.15. The number of nitrogens with one attached hydrogen (secondary N) is 2. The Morgan fingerprint density at radius 1 is 1.42 bits per heavy atom. The Balaban J connectivity index is 1.60. The molecule has 2 N–H and O–H groups in total. The molecule has 19 heavy (non-hydrogen) atoms. The fraction of sp³-hybridized carbons (Fsp3) is 0.467. The maximum Gasteiger partial charge on any atom is 0.0710 e. The van der Waals surface area contributed by atoms with Gasteiger partial charge in [-0.15, -0.1) is 0 Å². The van der Waals surface area contributed by atoms with Crippen molar-refractivity contribution in [2.24, 2.45) is 11.8 Å². The summed E-state index contributed by atoms with van der Waals surface area (Å²) >= 11 is 0. The number of aromatic amines is 1. The standard InChI is InChI=1S/C15H20N4/c1-11(12-4-5-12)7-17-9-14-10-18-19-15(14)13-3-2-6-16-8-13/h2-3,6,8,10-12,17H,4-5,7,9H2,1H3,(H,18,19). The zero-order chi connectivity index (χ0) is 13.1. The summed E-state index contributed by atoms with van der Waals surface area (Å²) < 4.78 is 0. The molecule has 100 valence electrons. The molecule has 1 aliphatic carbocycles. The van der Waals surface area contributed by atoms with E-state index in [1.165, 1.54) is 18.4 Å². The van der Waals surface area contributed by atoms with Crippen LogP contribution >= 0.6 is 0 Å². The Kier molecular flexibility index (Phi) is 3.60. The molecule has 1 fully saturated rings. The van der Waals surface area contributed by atoms with Gasteiger partial charge in [-0.2, -0.15) is 5.10 Å². The molecule has 0 bridgehead atoms. The van der Waals surface area contributed by atoms with Crippen LogP contribution in [-0.4, -0.2) is 21.7 Å². The lowest BCUT2D eigenvalue weighted by Gasteiger charge is -2.11. The Labute approximate surface area is 113 Å². The predicted molar refractivity (Wildman–Crippen MR) is 75.4 cm³/mol. The smallest absolute Gasteiger partial charge is 0.0710 e. The summed E-state index contributed by atoms with van der Waals surface area (Å²) in [6.45, 7) is 4.28. The SMILES string of the molecule is CC(CNCc1cn[nH]c1-c1cccnc1)C1CC1. The van der Waals surface area contributed by atoms with Crippen LogP contribution in [0.2, 0.25) is 0 Å². The number of rotatable bonds is 6. The van der Waals surface area contributed by atoms with Crippen LogP contribution in [0.4, 0.5) is 0 Å². The first-order chi connectivity index (χ1) is 9.34. The Morgan fingerprint density at radius 3 is 3.05 bits per heavy atom. The summed E-state index contributed by atoms with van der Waals surface area (Å²) in [6.07, 6.45) is 8.38. The average Bonchev–Trinajstić information content (AvgIpc) is 3.20. The topological polar surface area (TPSA) is 53.6 Å². The van der Waals surface area contributed by atoms with Gasteiger partial charge in [-0.1, -0.05) is 6.92 Å². The van der Waals surface area contributed by atoms with Gasteiger partial charge in [0.1, 0.15) is 0 Å². The van der Waals surface area contributed by atoms with Crippen molar-refractivity contribution in [3.05, 3.63) is 36.3 Å². The molecule has 2 aromatic rings. The largest absolute Gasteiger partial charge is 0.312 e. The minimum atomic E-state index is 0.786. The van der Waals surface area contributed by atoms with Gasteiger partial charge in [-0.05, 0) is 43.4 Å². The van der Waals surface area contributed by atoms with Crippen molar-refractivity contribution in [2.75, 3.05) is 6.54 Å². The molecule has 0 radical (unpaired) electrons. The molecule has 0 aliphatic heterocycles. The van der Waals surface area contributed by atoms with Gasteiger partial charge in [0.2, 0.25) is 0 Å². The molecule has 4 heteroatoms. The first-order valence-corrected chi connectivity index (χ1v) is 6.98. The first kappa shape index (κ1) is 12.4. The molecule has 0 amide bonds. The summed E-state index contributed by atoms with van der Waals surface area (Å²) in [4.78, 5) is 4.15. The number of hydrogen-bond donors (Lipinski definition) is 2. The van der Waals surface area contributed by atoms with Crippen LogP contribution in [0.15, 0.2) is 30.7 Å². The Hall–Kier alpha value is -1.68. The molecule has 1 saturated carbocycles. The third-order valence-electron chi connectivity index (χ3n) is 3.88. The zero-order valence-corrected chi connectivity index (χ0v) is 11.3. The van der Waals surface area contributed by atoms with E-state index in [4.69, 9.17) is 0 Å². The number of aromatic nitrogens is 3. The van der Waals surface area contributed by atoms with Crippen LogP contribution in [0.3, 0.4) is 0 Å². The molecule has 1 unspecified atom stereocenters. The number of H-pyrrole nitrogens is 1. The van der Waals surface area contributed by atoms with Crippen molar-refractivity contribution in [2.45, 2.75) is 26.3 Å². The van der Waals surface area contributed by atoms with E-state index in [0.29, 0.717) is 0 Å². The van der Waals surface area contributed by atoms with Crippen LogP contribution in [-0.2, 0) is 6.54 Å². The van der Waals surface area contributed by atoms with Crippen molar-refractivity contribution < 1.29 is 0 Å². The second-order valence-corrected chi connectivity index (χ2v) is 5.46. The van der Waals surface area contributed by atoms with Gasteiger partial charge in [0, 0.05) is 30.1 Å². The normalized spacial score (nSPS) is 16.5. The second-order valence-electron chi connectivity index (χ2n) is 5.46. The summed E-state index contributed by atoms with van der Waals surface area (Å²) in [7, 11) is 0. The highest BCUT2D eigenvalue weighted by Crippen LogP contribution is 2.36. The predicted octanol–water partition coefficient (Wildman–Crippen LogP) is 2.61. The third-order valence-corrected chi connectivity index (χ3v) is 3.88. The molecule has 1 atom stereocenters. The van der Waals surface area contributed by atoms with Gasteiger partial charge in [0.05, 0.1) is 11.9 Å². The van der Waals surface area contributed by atoms with E-state index in [1.54, 1.807) is 6.20 Å². The van der Waals surface area contributed by atoms with E-state index < -0.39 is 0 Å². The lowest BCUT2D eigenvalue weighted by atomic mass is 10.1. The zero-order valence-electron chi connectivity index (χ0n) is 11.3. The number of nitrogens with zero attached hydrogens (tertiary/aromatic N) is 2. The summed E-state index contributed by atoms with van der Waals surface area (Å²) in [5, 5.41) is 10.8. The van der Waals surface area contributed by atoms with Crippen molar-refractivity contribution in [3.8, 4) is 11.3 Å². The van der Waals surface area contributed by atoms with Crippen LogP contribution in [0.1, 0.15) is 25.3 Å². The second kappa shape index (κ2) is 5.53. The molecule has 0 saturated heterocycles. The summed E-state index contributed by atoms with van der Waals surface area (Å²) in [5.41, 5.74) is 3.36. The third kappa shape index (κ3) is 3.01. The van der Waals surface area contributed by atoms with E-state index in [0.717, 1.165) is 36.2 Å². The van der Waals surface area contributed by atoms with E-state index >= 15 is 0 Å². The lowest BCUT2D eigenvalue weighted by molar-refractivity contribution is 0.462. The number of hydrogen-bond acceptors (Lipinski definition) is 3. The van der Waals surface area contributed by atoms with Crippen molar-refractivity contribution in [3.63, 3.8) is 0 Å². The molecule has 4 nitrogen and oxygen atoms in total. The minimum absolute atomic E-state index is 0.786. The molecular weight excluding hydrogens is 236 g/mol. The van der Waals surface area contributed by atoms with Gasteiger partial charge in [0.15, 0.2) is 0 Å². The maximum atomic E-state index is 4.15. The lowest BCUT2D eigenvalue weighted by Crippen LogP contribution is -2.21. The van der Waals surface area contributed by atoms with Crippen LogP contribution in [0, 0.1) is 11.8 Å². The monoisotopic (exact) mass is 256 g/mol. The van der Waals surface area contributed by atoms with E-state index in [9.17, 15) is 0 Å². The van der Waals surface area contributed by atoms with Gasteiger partial charge in [0.25, 0.3) is 0 Å². The van der Waals surface area contributed by atoms with E-state index in [-0.39, 0.29) is 0 Å². The average molecular weight is 256 g/mol. The first-order valence-electron chi connectivity index (χ1n) is 6.98. The van der Waals surface area contributed by atoms with Gasteiger partial charge in [-0.3, -0.25) is 10.1 Å². The molecule has 3 rings (SSSR count). The fourth-order valence-corrected chi connectivity index (χ4v) is 2.47. The summed E-state index contributed by atoms with van der Waals surface area (Å²) in [5.74, 6) is 1.74. The molecule has 2 aromatic heterocycles.